The second kappa shape index (κ2) is 9.04. The molecule has 1 heteroatoms. The maximum atomic E-state index is 3.66. The second-order valence-electron chi connectivity index (χ2n) is 5.48. The van der Waals surface area contributed by atoms with Crippen LogP contribution in [0, 0.1) is 5.92 Å². The highest BCUT2D eigenvalue weighted by Crippen LogP contribution is 2.34. The van der Waals surface area contributed by atoms with E-state index in [2.05, 4.69) is 19.2 Å². The second-order valence-corrected chi connectivity index (χ2v) is 5.48. The van der Waals surface area contributed by atoms with Crippen LogP contribution in [0.5, 0.6) is 0 Å². The quantitative estimate of drug-likeness (QED) is 0.510. The average Bonchev–Trinajstić information content (AvgIpc) is 3.09. The van der Waals surface area contributed by atoms with E-state index in [1.165, 1.54) is 64.2 Å². The molecule has 0 aromatic heterocycles. The van der Waals surface area contributed by atoms with Crippen molar-refractivity contribution in [2.24, 2.45) is 5.92 Å². The summed E-state index contributed by atoms with van der Waals surface area (Å²) in [6.07, 6.45) is 14.4. The molecule has 1 rings (SSSR count). The first-order valence-corrected chi connectivity index (χ1v) is 7.60. The van der Waals surface area contributed by atoms with Gasteiger partial charge in [-0.25, -0.2) is 0 Å². The summed E-state index contributed by atoms with van der Waals surface area (Å²) in [7, 11) is 0. The maximum absolute atomic E-state index is 3.66. The molecule has 0 aromatic rings. The Kier molecular flexibility index (Phi) is 7.92. The summed E-state index contributed by atoms with van der Waals surface area (Å²) in [6.45, 7) is 5.67. The summed E-state index contributed by atoms with van der Waals surface area (Å²) in [5, 5.41) is 3.66. The number of rotatable bonds is 11. The largest absolute Gasteiger partial charge is 0.314 e. The lowest BCUT2D eigenvalue weighted by Gasteiger charge is -2.17. The first-order chi connectivity index (χ1) is 7.86. The molecule has 0 spiro atoms. The molecule has 0 saturated heterocycles. The Balaban J connectivity index is 1.97. The van der Waals surface area contributed by atoms with E-state index >= 15 is 0 Å². The maximum Gasteiger partial charge on any atom is 0.00670 e. The summed E-state index contributed by atoms with van der Waals surface area (Å²) in [5.74, 6) is 1.10. The van der Waals surface area contributed by atoms with Crippen LogP contribution in [-0.4, -0.2) is 12.6 Å². The van der Waals surface area contributed by atoms with Gasteiger partial charge in [-0.05, 0) is 31.7 Å². The van der Waals surface area contributed by atoms with Gasteiger partial charge >= 0.3 is 0 Å². The van der Waals surface area contributed by atoms with Gasteiger partial charge in [-0.2, -0.15) is 0 Å². The molecule has 1 atom stereocenters. The molecule has 0 heterocycles. The van der Waals surface area contributed by atoms with Crippen LogP contribution in [0.3, 0.4) is 0 Å². The zero-order valence-electron chi connectivity index (χ0n) is 11.4. The molecule has 1 aliphatic rings. The molecule has 1 N–H and O–H groups in total. The lowest BCUT2D eigenvalue weighted by atomic mass is 10.0. The fourth-order valence-corrected chi connectivity index (χ4v) is 2.47. The van der Waals surface area contributed by atoms with Crippen LogP contribution in [0.25, 0.3) is 0 Å². The highest BCUT2D eigenvalue weighted by atomic mass is 14.9. The van der Waals surface area contributed by atoms with Gasteiger partial charge in [0.05, 0.1) is 0 Å². The highest BCUT2D eigenvalue weighted by molar-refractivity contribution is 4.76. The van der Waals surface area contributed by atoms with Crippen molar-refractivity contribution < 1.29 is 0 Å². The third-order valence-corrected chi connectivity index (χ3v) is 3.77. The first-order valence-electron chi connectivity index (χ1n) is 7.60. The highest BCUT2D eigenvalue weighted by Gasteiger charge is 2.22. The van der Waals surface area contributed by atoms with E-state index in [9.17, 15) is 0 Å². The van der Waals surface area contributed by atoms with E-state index < -0.39 is 0 Å². The molecule has 96 valence electrons. The van der Waals surface area contributed by atoms with Crippen molar-refractivity contribution in [3.63, 3.8) is 0 Å². The Labute approximate surface area is 102 Å². The molecule has 0 aromatic carbocycles. The summed E-state index contributed by atoms with van der Waals surface area (Å²) in [6, 6.07) is 0.812. The van der Waals surface area contributed by atoms with Gasteiger partial charge in [0.15, 0.2) is 0 Å². The molecule has 1 aliphatic carbocycles. The Morgan fingerprint density at radius 3 is 2.38 bits per heavy atom. The monoisotopic (exact) mass is 225 g/mol. The Morgan fingerprint density at radius 2 is 1.75 bits per heavy atom. The minimum Gasteiger partial charge on any atom is -0.314 e. The van der Waals surface area contributed by atoms with Crippen LogP contribution in [0.15, 0.2) is 0 Å². The Hall–Kier alpha value is -0.0400. The lowest BCUT2D eigenvalue weighted by molar-refractivity contribution is 0.420. The third-order valence-electron chi connectivity index (χ3n) is 3.77. The smallest absolute Gasteiger partial charge is 0.00670 e. The minimum absolute atomic E-state index is 0.812. The summed E-state index contributed by atoms with van der Waals surface area (Å²) < 4.78 is 0. The molecular weight excluding hydrogens is 194 g/mol. The molecule has 16 heavy (non-hydrogen) atoms. The van der Waals surface area contributed by atoms with Crippen LogP contribution in [0.1, 0.15) is 78.1 Å². The van der Waals surface area contributed by atoms with E-state index in [0.717, 1.165) is 18.5 Å². The van der Waals surface area contributed by atoms with Crippen LogP contribution >= 0.6 is 0 Å². The van der Waals surface area contributed by atoms with Crippen molar-refractivity contribution >= 4 is 0 Å². The van der Waals surface area contributed by atoms with E-state index in [1.54, 1.807) is 0 Å². The molecule has 0 amide bonds. The SMILES string of the molecule is CCCCCCCC(CCC1CC1)NCC. The summed E-state index contributed by atoms with van der Waals surface area (Å²) in [4.78, 5) is 0. The number of hydrogen-bond donors (Lipinski definition) is 1. The minimum atomic E-state index is 0.812. The van der Waals surface area contributed by atoms with Gasteiger partial charge in [0, 0.05) is 6.04 Å². The molecule has 1 saturated carbocycles. The van der Waals surface area contributed by atoms with Gasteiger partial charge < -0.3 is 5.32 Å². The van der Waals surface area contributed by atoms with Crippen LogP contribution in [0.2, 0.25) is 0 Å². The van der Waals surface area contributed by atoms with E-state index in [4.69, 9.17) is 0 Å². The van der Waals surface area contributed by atoms with Gasteiger partial charge in [0.25, 0.3) is 0 Å². The predicted molar refractivity (Wildman–Crippen MR) is 72.8 cm³/mol. The van der Waals surface area contributed by atoms with Gasteiger partial charge in [-0.3, -0.25) is 0 Å². The van der Waals surface area contributed by atoms with E-state index in [-0.39, 0.29) is 0 Å². The first kappa shape index (κ1) is 14.0. The van der Waals surface area contributed by atoms with Crippen molar-refractivity contribution in [1.82, 2.24) is 5.32 Å². The molecular formula is C15H31N. The van der Waals surface area contributed by atoms with Crippen molar-refractivity contribution in [2.75, 3.05) is 6.54 Å². The zero-order valence-corrected chi connectivity index (χ0v) is 11.4. The summed E-state index contributed by atoms with van der Waals surface area (Å²) >= 11 is 0. The van der Waals surface area contributed by atoms with Gasteiger partial charge in [0.2, 0.25) is 0 Å². The number of nitrogens with one attached hydrogen (secondary N) is 1. The molecule has 0 bridgehead atoms. The lowest BCUT2D eigenvalue weighted by Crippen LogP contribution is -2.28. The molecule has 1 nitrogen and oxygen atoms in total. The standard InChI is InChI=1S/C15H31N/c1-3-5-6-7-8-9-15(16-4-2)13-12-14-10-11-14/h14-16H,3-13H2,1-2H3. The topological polar surface area (TPSA) is 12.0 Å². The van der Waals surface area contributed by atoms with E-state index in [0.29, 0.717) is 0 Å². The molecule has 1 unspecified atom stereocenters. The van der Waals surface area contributed by atoms with Crippen LogP contribution < -0.4 is 5.32 Å². The van der Waals surface area contributed by atoms with E-state index in [1.807, 2.05) is 0 Å². The number of unbranched alkanes of at least 4 members (excludes halogenated alkanes) is 4. The third kappa shape index (κ3) is 7.27. The fourth-order valence-electron chi connectivity index (χ4n) is 2.47. The Morgan fingerprint density at radius 1 is 1.00 bits per heavy atom. The van der Waals surface area contributed by atoms with Gasteiger partial charge in [-0.15, -0.1) is 0 Å². The summed E-state index contributed by atoms with van der Waals surface area (Å²) in [5.41, 5.74) is 0. The molecule has 0 radical (unpaired) electrons. The van der Waals surface area contributed by atoms with Crippen molar-refractivity contribution in [3.8, 4) is 0 Å². The van der Waals surface area contributed by atoms with Crippen LogP contribution in [-0.2, 0) is 0 Å². The fraction of sp³-hybridized carbons (Fsp3) is 1.00. The van der Waals surface area contributed by atoms with Crippen molar-refractivity contribution in [2.45, 2.75) is 84.1 Å². The van der Waals surface area contributed by atoms with Crippen LogP contribution in [0.4, 0.5) is 0 Å². The van der Waals surface area contributed by atoms with Gasteiger partial charge in [0.1, 0.15) is 0 Å². The number of hydrogen-bond acceptors (Lipinski definition) is 1. The van der Waals surface area contributed by atoms with Crippen molar-refractivity contribution in [1.29, 1.82) is 0 Å². The Bertz CT molecular complexity index is 152. The molecule has 1 fully saturated rings. The normalized spacial score (nSPS) is 17.6. The van der Waals surface area contributed by atoms with Gasteiger partial charge in [-0.1, -0.05) is 58.8 Å². The zero-order chi connectivity index (χ0) is 11.6. The molecule has 0 aliphatic heterocycles. The average molecular weight is 225 g/mol. The predicted octanol–water partition coefficient (Wildman–Crippen LogP) is 4.52. The van der Waals surface area contributed by atoms with Crippen molar-refractivity contribution in [3.05, 3.63) is 0 Å².